The van der Waals surface area contributed by atoms with E-state index in [1.54, 1.807) is 0 Å². The van der Waals surface area contributed by atoms with Crippen LogP contribution in [0, 0.1) is 11.8 Å². The molecule has 4 heteroatoms. The van der Waals surface area contributed by atoms with Gasteiger partial charge in [0, 0.05) is 6.42 Å². The van der Waals surface area contributed by atoms with Gasteiger partial charge in [-0.1, -0.05) is 13.8 Å². The highest BCUT2D eigenvalue weighted by Crippen LogP contribution is 2.14. The third kappa shape index (κ3) is 10.3. The van der Waals surface area contributed by atoms with Crippen molar-refractivity contribution < 1.29 is 14.3 Å². The van der Waals surface area contributed by atoms with Crippen molar-refractivity contribution in [3.05, 3.63) is 0 Å². The maximum Gasteiger partial charge on any atom is 0.306 e. The van der Waals surface area contributed by atoms with Crippen LogP contribution in [0.4, 0.5) is 0 Å². The van der Waals surface area contributed by atoms with Crippen molar-refractivity contribution in [2.24, 2.45) is 17.6 Å². The Kier molecular flexibility index (Phi) is 9.09. The molecule has 0 fully saturated rings. The van der Waals surface area contributed by atoms with Crippen LogP contribution in [0.15, 0.2) is 0 Å². The molecule has 0 radical (unpaired) electrons. The van der Waals surface area contributed by atoms with Gasteiger partial charge in [0.15, 0.2) is 0 Å². The quantitative estimate of drug-likeness (QED) is 0.498. The fourth-order valence-corrected chi connectivity index (χ4v) is 1.66. The number of hydrogen-bond acceptors (Lipinski definition) is 4. The van der Waals surface area contributed by atoms with Crippen molar-refractivity contribution in [3.63, 3.8) is 0 Å². The van der Waals surface area contributed by atoms with Crippen molar-refractivity contribution in [2.45, 2.75) is 46.6 Å². The molecular formula is C13H27NO3. The Morgan fingerprint density at radius 1 is 1.18 bits per heavy atom. The van der Waals surface area contributed by atoms with E-state index in [9.17, 15) is 4.79 Å². The molecule has 0 aliphatic heterocycles. The molecule has 0 amide bonds. The Hall–Kier alpha value is -0.610. The Morgan fingerprint density at radius 2 is 1.82 bits per heavy atom. The first-order valence-electron chi connectivity index (χ1n) is 6.43. The first-order chi connectivity index (χ1) is 7.95. The molecule has 0 aromatic heterocycles. The van der Waals surface area contributed by atoms with E-state index in [1.165, 1.54) is 0 Å². The van der Waals surface area contributed by atoms with Gasteiger partial charge >= 0.3 is 5.97 Å². The maximum atomic E-state index is 11.5. The lowest BCUT2D eigenvalue weighted by Crippen LogP contribution is -2.22. The van der Waals surface area contributed by atoms with Crippen molar-refractivity contribution in [1.29, 1.82) is 0 Å². The number of hydrogen-bond donors (Lipinski definition) is 1. The minimum Gasteiger partial charge on any atom is -0.463 e. The van der Waals surface area contributed by atoms with Crippen LogP contribution in [0.3, 0.4) is 0 Å². The first-order valence-corrected chi connectivity index (χ1v) is 6.43. The third-order valence-electron chi connectivity index (χ3n) is 2.39. The predicted molar refractivity (Wildman–Crippen MR) is 68.7 cm³/mol. The zero-order valence-corrected chi connectivity index (χ0v) is 11.6. The molecule has 1 atom stereocenters. The average molecular weight is 245 g/mol. The Balaban J connectivity index is 3.68. The van der Waals surface area contributed by atoms with Crippen LogP contribution in [0.1, 0.15) is 40.5 Å². The van der Waals surface area contributed by atoms with E-state index < -0.39 is 0 Å². The van der Waals surface area contributed by atoms with Gasteiger partial charge in [-0.15, -0.1) is 0 Å². The minimum absolute atomic E-state index is 0.173. The summed E-state index contributed by atoms with van der Waals surface area (Å²) in [6, 6.07) is 0. The number of esters is 1. The fourth-order valence-electron chi connectivity index (χ4n) is 1.66. The summed E-state index contributed by atoms with van der Waals surface area (Å²) in [4.78, 5) is 11.5. The van der Waals surface area contributed by atoms with Gasteiger partial charge in [0.25, 0.3) is 0 Å². The molecule has 0 saturated carbocycles. The van der Waals surface area contributed by atoms with Crippen LogP contribution >= 0.6 is 0 Å². The summed E-state index contributed by atoms with van der Waals surface area (Å²) < 4.78 is 10.4. The van der Waals surface area contributed by atoms with Crippen LogP contribution in [0.2, 0.25) is 0 Å². The zero-order valence-electron chi connectivity index (χ0n) is 11.6. The summed E-state index contributed by atoms with van der Waals surface area (Å²) in [6.07, 6.45) is 1.55. The van der Waals surface area contributed by atoms with Gasteiger partial charge in [-0.3, -0.25) is 4.79 Å². The molecule has 17 heavy (non-hydrogen) atoms. The van der Waals surface area contributed by atoms with Gasteiger partial charge < -0.3 is 15.2 Å². The summed E-state index contributed by atoms with van der Waals surface area (Å²) in [5.41, 5.74) is 5.63. The third-order valence-corrected chi connectivity index (χ3v) is 2.39. The van der Waals surface area contributed by atoms with Crippen molar-refractivity contribution >= 4 is 5.97 Å². The summed E-state index contributed by atoms with van der Waals surface area (Å²) >= 11 is 0. The van der Waals surface area contributed by atoms with Gasteiger partial charge in [0.1, 0.15) is 6.61 Å². The molecule has 0 rings (SSSR count). The van der Waals surface area contributed by atoms with E-state index in [-0.39, 0.29) is 18.0 Å². The molecule has 0 unspecified atom stereocenters. The van der Waals surface area contributed by atoms with Crippen LogP contribution in [0.25, 0.3) is 0 Å². The van der Waals surface area contributed by atoms with E-state index in [4.69, 9.17) is 15.2 Å². The minimum atomic E-state index is -0.173. The SMILES string of the molecule is CC(C)C[C@@H](CN)CC(=O)OCCOC(C)C. The molecular weight excluding hydrogens is 218 g/mol. The predicted octanol–water partition coefficient (Wildman–Crippen LogP) is 1.97. The van der Waals surface area contributed by atoms with Gasteiger partial charge in [0.2, 0.25) is 0 Å². The number of carbonyl (C=O) groups excluding carboxylic acids is 1. The van der Waals surface area contributed by atoms with E-state index >= 15 is 0 Å². The van der Waals surface area contributed by atoms with Gasteiger partial charge in [-0.2, -0.15) is 0 Å². The van der Waals surface area contributed by atoms with Crippen LogP contribution < -0.4 is 5.73 Å². The summed E-state index contributed by atoms with van der Waals surface area (Å²) in [5, 5.41) is 0. The highest BCUT2D eigenvalue weighted by atomic mass is 16.6. The lowest BCUT2D eigenvalue weighted by Gasteiger charge is -2.16. The lowest BCUT2D eigenvalue weighted by molar-refractivity contribution is -0.146. The van der Waals surface area contributed by atoms with Crippen LogP contribution in [-0.2, 0) is 14.3 Å². The zero-order chi connectivity index (χ0) is 13.3. The Morgan fingerprint density at radius 3 is 2.29 bits per heavy atom. The van der Waals surface area contributed by atoms with Gasteiger partial charge in [0.05, 0.1) is 12.7 Å². The molecule has 0 aliphatic carbocycles. The Bertz CT molecular complexity index is 205. The number of nitrogens with two attached hydrogens (primary N) is 1. The highest BCUT2D eigenvalue weighted by Gasteiger charge is 2.14. The maximum absolute atomic E-state index is 11.5. The fraction of sp³-hybridized carbons (Fsp3) is 0.923. The van der Waals surface area contributed by atoms with Crippen molar-refractivity contribution in [2.75, 3.05) is 19.8 Å². The molecule has 0 heterocycles. The largest absolute Gasteiger partial charge is 0.463 e. The van der Waals surface area contributed by atoms with Crippen molar-refractivity contribution in [3.8, 4) is 0 Å². The normalized spacial score (nSPS) is 13.1. The van der Waals surface area contributed by atoms with Gasteiger partial charge in [-0.05, 0) is 38.6 Å². The Labute approximate surface area is 105 Å². The second-order valence-corrected chi connectivity index (χ2v) is 5.08. The second-order valence-electron chi connectivity index (χ2n) is 5.08. The van der Waals surface area contributed by atoms with Crippen LogP contribution in [0.5, 0.6) is 0 Å². The summed E-state index contributed by atoms with van der Waals surface area (Å²) in [5.74, 6) is 0.614. The molecule has 4 nitrogen and oxygen atoms in total. The molecule has 0 bridgehead atoms. The van der Waals surface area contributed by atoms with Gasteiger partial charge in [-0.25, -0.2) is 0 Å². The van der Waals surface area contributed by atoms with E-state index in [1.807, 2.05) is 13.8 Å². The highest BCUT2D eigenvalue weighted by molar-refractivity contribution is 5.69. The molecule has 0 aliphatic rings. The average Bonchev–Trinajstić information content (AvgIpc) is 2.22. The number of rotatable bonds is 9. The molecule has 2 N–H and O–H groups in total. The van der Waals surface area contributed by atoms with E-state index in [0.29, 0.717) is 32.1 Å². The smallest absolute Gasteiger partial charge is 0.306 e. The van der Waals surface area contributed by atoms with E-state index in [0.717, 1.165) is 6.42 Å². The monoisotopic (exact) mass is 245 g/mol. The summed E-state index contributed by atoms with van der Waals surface area (Å²) in [6.45, 7) is 9.49. The van der Waals surface area contributed by atoms with Crippen molar-refractivity contribution in [1.82, 2.24) is 0 Å². The molecule has 0 saturated heterocycles. The lowest BCUT2D eigenvalue weighted by atomic mass is 9.94. The molecule has 0 spiro atoms. The number of carbonyl (C=O) groups is 1. The molecule has 0 aromatic rings. The second kappa shape index (κ2) is 9.42. The first kappa shape index (κ1) is 16.4. The summed E-state index contributed by atoms with van der Waals surface area (Å²) in [7, 11) is 0. The standard InChI is InChI=1S/C13H27NO3/c1-10(2)7-12(9-14)8-13(15)17-6-5-16-11(3)4/h10-12H,5-9,14H2,1-4H3/t12-/m1/s1. The van der Waals surface area contributed by atoms with Crippen LogP contribution in [-0.4, -0.2) is 31.8 Å². The number of ether oxygens (including phenoxy) is 2. The topological polar surface area (TPSA) is 61.6 Å². The molecule has 0 aromatic carbocycles. The molecule has 102 valence electrons. The van der Waals surface area contributed by atoms with E-state index in [2.05, 4.69) is 13.8 Å².